The number of allylic oxidation sites excluding steroid dienone is 2. The molecule has 0 bridgehead atoms. The second kappa shape index (κ2) is 9.08. The lowest BCUT2D eigenvalue weighted by molar-refractivity contribution is -0.137. The Labute approximate surface area is 163 Å². The van der Waals surface area contributed by atoms with E-state index in [1.807, 2.05) is 31.2 Å². The minimum Gasteiger partial charge on any atom is -0.493 e. The van der Waals surface area contributed by atoms with E-state index in [2.05, 4.69) is 24.0 Å². The van der Waals surface area contributed by atoms with E-state index in [9.17, 15) is 9.59 Å². The number of carbonyl (C=O) groups is 2. The third kappa shape index (κ3) is 4.17. The minimum absolute atomic E-state index is 0.0465. The molecule has 0 saturated carbocycles. The van der Waals surface area contributed by atoms with Gasteiger partial charge in [-0.1, -0.05) is 43.0 Å². The van der Waals surface area contributed by atoms with Gasteiger partial charge in [0.05, 0.1) is 13.2 Å². The molecule has 2 aromatic carbocycles. The zero-order chi connectivity index (χ0) is 19.9. The highest BCUT2D eigenvalue weighted by atomic mass is 16.6. The van der Waals surface area contributed by atoms with Crippen LogP contribution >= 0.6 is 0 Å². The first-order valence-corrected chi connectivity index (χ1v) is 9.24. The molecule has 1 aliphatic carbocycles. The monoisotopic (exact) mass is 381 g/mol. The highest BCUT2D eigenvalue weighted by Crippen LogP contribution is 2.43. The maximum absolute atomic E-state index is 12.3. The van der Waals surface area contributed by atoms with E-state index in [1.165, 1.54) is 0 Å². The topological polar surface area (TPSA) is 73.9 Å². The van der Waals surface area contributed by atoms with Crippen molar-refractivity contribution < 1.29 is 23.8 Å². The van der Waals surface area contributed by atoms with Crippen LogP contribution in [0.5, 0.6) is 11.5 Å². The van der Waals surface area contributed by atoms with E-state index < -0.39 is 12.1 Å². The largest absolute Gasteiger partial charge is 0.493 e. The van der Waals surface area contributed by atoms with Crippen LogP contribution < -0.4 is 14.8 Å². The lowest BCUT2D eigenvalue weighted by atomic mass is 9.90. The molecule has 3 rings (SSSR count). The summed E-state index contributed by atoms with van der Waals surface area (Å²) in [5, 5.41) is 4.34. The number of ether oxygens (including phenoxy) is 3. The van der Waals surface area contributed by atoms with Gasteiger partial charge >= 0.3 is 12.1 Å². The van der Waals surface area contributed by atoms with Crippen molar-refractivity contribution >= 4 is 22.8 Å². The van der Waals surface area contributed by atoms with Gasteiger partial charge in [0.15, 0.2) is 0 Å². The van der Waals surface area contributed by atoms with Gasteiger partial charge < -0.3 is 19.5 Å². The Bertz CT molecular complexity index is 932. The first-order chi connectivity index (χ1) is 13.7. The van der Waals surface area contributed by atoms with Crippen LogP contribution in [0.1, 0.15) is 18.1 Å². The number of esters is 1. The van der Waals surface area contributed by atoms with Gasteiger partial charge in [-0.05, 0) is 19.8 Å². The van der Waals surface area contributed by atoms with Crippen LogP contribution in [0.3, 0.4) is 0 Å². The third-order valence-corrected chi connectivity index (χ3v) is 4.41. The predicted molar refractivity (Wildman–Crippen MR) is 107 cm³/mol. The van der Waals surface area contributed by atoms with Crippen LogP contribution in [-0.4, -0.2) is 31.8 Å². The Morgan fingerprint density at radius 2 is 1.75 bits per heavy atom. The average molecular weight is 381 g/mol. The second-order valence-corrected chi connectivity index (χ2v) is 6.16. The quantitative estimate of drug-likeness (QED) is 0.343. The molecule has 0 fully saturated rings. The summed E-state index contributed by atoms with van der Waals surface area (Å²) in [5.41, 5.74) is 2.00. The first-order valence-electron chi connectivity index (χ1n) is 9.24. The molecule has 0 spiro atoms. The van der Waals surface area contributed by atoms with Crippen molar-refractivity contribution in [2.24, 2.45) is 0 Å². The molecule has 0 atom stereocenters. The first kappa shape index (κ1) is 19.5. The lowest BCUT2D eigenvalue weighted by Gasteiger charge is -2.22. The fourth-order valence-corrected chi connectivity index (χ4v) is 3.23. The van der Waals surface area contributed by atoms with Crippen LogP contribution in [0.25, 0.3) is 10.8 Å². The number of rotatable bonds is 7. The Morgan fingerprint density at radius 3 is 2.39 bits per heavy atom. The molecular weight excluding hydrogens is 358 g/mol. The van der Waals surface area contributed by atoms with Crippen molar-refractivity contribution in [1.29, 1.82) is 0 Å². The van der Waals surface area contributed by atoms with Gasteiger partial charge in [-0.25, -0.2) is 9.59 Å². The van der Waals surface area contributed by atoms with Gasteiger partial charge in [-0.3, -0.25) is 0 Å². The molecule has 6 nitrogen and oxygen atoms in total. The van der Waals surface area contributed by atoms with Gasteiger partial charge in [0.25, 0.3) is 0 Å². The third-order valence-electron chi connectivity index (χ3n) is 4.41. The molecule has 1 amide bonds. The number of carbonyl (C=O) groups excluding carboxylic acids is 2. The molecule has 1 N–H and O–H groups in total. The summed E-state index contributed by atoms with van der Waals surface area (Å²) in [7, 11) is 0. The van der Waals surface area contributed by atoms with Crippen molar-refractivity contribution in [3.63, 3.8) is 0 Å². The Balaban J connectivity index is 1.87. The molecule has 28 heavy (non-hydrogen) atoms. The van der Waals surface area contributed by atoms with E-state index in [-0.39, 0.29) is 13.2 Å². The Kier molecular flexibility index (Phi) is 6.32. The Hall–Kier alpha value is -3.28. The molecule has 2 aromatic rings. The van der Waals surface area contributed by atoms with Crippen molar-refractivity contribution in [1.82, 2.24) is 5.32 Å². The molecule has 0 heterocycles. The van der Waals surface area contributed by atoms with Crippen LogP contribution in [0.2, 0.25) is 0 Å². The van der Waals surface area contributed by atoms with Crippen molar-refractivity contribution in [2.45, 2.75) is 19.8 Å². The van der Waals surface area contributed by atoms with E-state index in [4.69, 9.17) is 14.2 Å². The van der Waals surface area contributed by atoms with Gasteiger partial charge in [-0.15, -0.1) is 0 Å². The molecule has 0 unspecified atom stereocenters. The number of fused-ring (bicyclic) bond motifs is 2. The summed E-state index contributed by atoms with van der Waals surface area (Å²) in [6, 6.07) is 7.74. The Morgan fingerprint density at radius 1 is 1.11 bits per heavy atom. The molecular formula is C22H23NO5. The summed E-state index contributed by atoms with van der Waals surface area (Å²) in [6.45, 7) is 6.03. The zero-order valence-corrected chi connectivity index (χ0v) is 15.8. The molecule has 0 radical (unpaired) electrons. The highest BCUT2D eigenvalue weighted by molar-refractivity contribution is 5.97. The summed E-state index contributed by atoms with van der Waals surface area (Å²) >= 11 is 0. The maximum Gasteiger partial charge on any atom is 0.412 e. The van der Waals surface area contributed by atoms with E-state index in [0.29, 0.717) is 18.8 Å². The van der Waals surface area contributed by atoms with Crippen LogP contribution in [-0.2, 0) is 22.4 Å². The van der Waals surface area contributed by atoms with Gasteiger partial charge in [0.2, 0.25) is 0 Å². The van der Waals surface area contributed by atoms with Gasteiger partial charge in [-0.2, -0.15) is 0 Å². The van der Waals surface area contributed by atoms with Crippen LogP contribution in [0.4, 0.5) is 4.79 Å². The highest BCUT2D eigenvalue weighted by Gasteiger charge is 2.23. The summed E-state index contributed by atoms with van der Waals surface area (Å²) in [6.07, 6.45) is 6.03. The van der Waals surface area contributed by atoms with Crippen molar-refractivity contribution in [3.8, 4) is 11.5 Å². The number of nitrogens with one attached hydrogen (secondary N) is 1. The van der Waals surface area contributed by atoms with E-state index in [0.717, 1.165) is 40.1 Å². The number of amides is 1. The second-order valence-electron chi connectivity index (χ2n) is 6.16. The van der Waals surface area contributed by atoms with Crippen molar-refractivity contribution in [3.05, 3.63) is 60.2 Å². The maximum atomic E-state index is 12.3. The van der Waals surface area contributed by atoms with Crippen LogP contribution in [0, 0.1) is 0 Å². The summed E-state index contributed by atoms with van der Waals surface area (Å²) < 4.78 is 16.5. The SMILES string of the molecule is C=CC(=O)OCCNC(=O)Oc1c2c(c(OCC)c3ccccc13)CC=CC2. The molecule has 6 heteroatoms. The molecule has 1 aliphatic rings. The number of benzene rings is 2. The zero-order valence-electron chi connectivity index (χ0n) is 15.8. The normalized spacial score (nSPS) is 12.2. The van der Waals surface area contributed by atoms with Gasteiger partial charge in [0.1, 0.15) is 18.1 Å². The van der Waals surface area contributed by atoms with E-state index >= 15 is 0 Å². The summed E-state index contributed by atoms with van der Waals surface area (Å²) in [5.74, 6) is 0.856. The molecule has 0 saturated heterocycles. The summed E-state index contributed by atoms with van der Waals surface area (Å²) in [4.78, 5) is 23.4. The predicted octanol–water partition coefficient (Wildman–Crippen LogP) is 3.71. The number of hydrogen-bond donors (Lipinski definition) is 1. The van der Waals surface area contributed by atoms with Gasteiger partial charge in [0, 0.05) is 28.0 Å². The fourth-order valence-electron chi connectivity index (χ4n) is 3.23. The fraction of sp³-hybridized carbons (Fsp3) is 0.273. The number of hydrogen-bond acceptors (Lipinski definition) is 5. The average Bonchev–Trinajstić information content (AvgIpc) is 2.73. The minimum atomic E-state index is -0.597. The molecule has 146 valence electrons. The molecule has 0 aromatic heterocycles. The van der Waals surface area contributed by atoms with Crippen LogP contribution in [0.15, 0.2) is 49.1 Å². The van der Waals surface area contributed by atoms with E-state index in [1.54, 1.807) is 0 Å². The van der Waals surface area contributed by atoms with Crippen molar-refractivity contribution in [2.75, 3.05) is 19.8 Å². The lowest BCUT2D eigenvalue weighted by Crippen LogP contribution is -2.31. The standard InChI is InChI=1S/C22H23NO5/c1-3-19(24)27-14-13-23-22(25)28-21-17-11-7-5-9-15(17)20(26-4-2)16-10-6-8-12-18(16)21/h3,5-9,11H,1,4,10,12-14H2,2H3,(H,23,25). The molecule has 0 aliphatic heterocycles. The smallest absolute Gasteiger partial charge is 0.412 e.